The quantitative estimate of drug-likeness (QED) is 0.0317. The maximum absolute atomic E-state index is 11.6. The predicted molar refractivity (Wildman–Crippen MR) is 535 cm³/mol. The number of halogens is 8. The third kappa shape index (κ3) is 22.9. The van der Waals surface area contributed by atoms with Crippen molar-refractivity contribution in [3.05, 3.63) is 303 Å². The van der Waals surface area contributed by atoms with E-state index in [1.54, 1.807) is 71.2 Å². The molecule has 5 aromatic carbocycles. The van der Waals surface area contributed by atoms with Crippen LogP contribution in [0, 0.1) is 5.92 Å². The van der Waals surface area contributed by atoms with E-state index in [2.05, 4.69) is 147 Å². The highest BCUT2D eigenvalue weighted by Crippen LogP contribution is 2.38. The average Bonchev–Trinajstić information content (AvgIpc) is 1.70. The Morgan fingerprint density at radius 1 is 0.382 bits per heavy atom. The number of nitrogen functional groups attached to an aromatic ring is 2. The van der Waals surface area contributed by atoms with Crippen molar-refractivity contribution in [3.8, 4) is 33.8 Å². The van der Waals surface area contributed by atoms with Crippen molar-refractivity contribution < 1.29 is 9.59 Å². The number of primary amides is 2. The van der Waals surface area contributed by atoms with Gasteiger partial charge in [0.1, 0.15) is 29.1 Å². The van der Waals surface area contributed by atoms with Gasteiger partial charge >= 0.3 is 12.1 Å². The van der Waals surface area contributed by atoms with Crippen LogP contribution in [0.15, 0.2) is 254 Å². The molecule has 14 N–H and O–H groups in total. The summed E-state index contributed by atoms with van der Waals surface area (Å²) in [4.78, 5) is 58.4. The fourth-order valence-electron chi connectivity index (χ4n) is 15.5. The molecule has 0 aliphatic carbocycles. The van der Waals surface area contributed by atoms with Gasteiger partial charge in [0.05, 0.1) is 76.1 Å². The van der Waals surface area contributed by atoms with Crippen molar-refractivity contribution in [3.63, 3.8) is 0 Å². The number of pyridine rings is 2. The molecular formula is C92H89Br5Cl3N29O2. The third-order valence-electron chi connectivity index (χ3n) is 22.3. The molecule has 4 amide bonds. The molecule has 131 heavy (non-hydrogen) atoms. The Labute approximate surface area is 810 Å². The van der Waals surface area contributed by atoms with Gasteiger partial charge in [-0.2, -0.15) is 48.1 Å². The Morgan fingerprint density at radius 3 is 1.18 bits per heavy atom. The highest BCUT2D eigenvalue weighted by molar-refractivity contribution is 9.11. The van der Waals surface area contributed by atoms with Crippen molar-refractivity contribution in [2.75, 3.05) is 83.9 Å². The van der Waals surface area contributed by atoms with E-state index >= 15 is 0 Å². The van der Waals surface area contributed by atoms with E-state index in [9.17, 15) is 9.59 Å². The standard InChI is InChI=1S/2C19H15BrClN5.C18H19BrClN5.2C18H20BrN7O/c20-15-11-24-26-18(23-10-12-4-3-5-13(22)8-12)9-17(25-19(15)26)14-6-1-2-7-16(14)21;20-15-11-24-26-18(23-10-12-5-7-13(22)8-6-12)9-17(25-19(15)26)14-3-1-2-4-16(14)21;19-14-11-23-25-17(22-10-12-5-7-21-8-6-12)9-16(24-18(14)25)13-3-1-2-4-15(13)20;19-14-10-23-26-16(22-9-12-3-1-5-21-8-12)7-15(24-17(14)26)13-4-2-6-25(11-13)18(20)27;19-14-11-23-26-16(22-10-12-2-1-5-21-9-12)8-15(24-17(14)26)13-3-6-25(7-4-13)18(20)27/h2*1-9,11,23H,10,22H2;1-4,9,11-12,21-22H,5-8,10H2;1,3,5,7-8,10,13,22H,2,4,6,9,11H2,(H2,20,27);1-2,5,8-9,11,13,22H,3-4,6-7,10H2,(H2,20,27). The largest absolute Gasteiger partial charge is 0.399 e. The molecule has 0 spiro atoms. The van der Waals surface area contributed by atoms with Gasteiger partial charge in [-0.05, 0) is 214 Å². The van der Waals surface area contributed by atoms with Crippen LogP contribution in [0.1, 0.15) is 84.0 Å². The van der Waals surface area contributed by atoms with Crippen LogP contribution in [-0.4, -0.2) is 151 Å². The lowest BCUT2D eigenvalue weighted by Crippen LogP contribution is -2.42. The zero-order chi connectivity index (χ0) is 91.0. The molecule has 0 radical (unpaired) electrons. The maximum Gasteiger partial charge on any atom is 0.314 e. The smallest absolute Gasteiger partial charge is 0.314 e. The van der Waals surface area contributed by atoms with Crippen molar-refractivity contribution in [2.45, 2.75) is 76.5 Å². The van der Waals surface area contributed by atoms with Crippen LogP contribution in [0.25, 0.3) is 62.0 Å². The van der Waals surface area contributed by atoms with Gasteiger partial charge in [0.25, 0.3) is 0 Å². The summed E-state index contributed by atoms with van der Waals surface area (Å²) in [6.45, 7) is 8.25. The molecule has 39 heteroatoms. The summed E-state index contributed by atoms with van der Waals surface area (Å²) in [5.41, 5.74) is 39.1. The molecule has 3 aliphatic heterocycles. The molecule has 3 aliphatic rings. The summed E-state index contributed by atoms with van der Waals surface area (Å²) >= 11 is 36.7. The number of anilines is 7. The number of rotatable bonds is 20. The Kier molecular flexibility index (Phi) is 30.4. The second-order valence-electron chi connectivity index (χ2n) is 31.2. The Morgan fingerprint density at radius 2 is 0.771 bits per heavy atom. The maximum atomic E-state index is 11.6. The number of piperidine rings is 3. The second-order valence-corrected chi connectivity index (χ2v) is 36.7. The number of benzene rings is 5. The number of nitrogens with two attached hydrogens (primary N) is 4. The van der Waals surface area contributed by atoms with E-state index in [1.165, 1.54) is 12.8 Å². The highest BCUT2D eigenvalue weighted by atomic mass is 79.9. The molecule has 1 atom stereocenters. The molecule has 20 rings (SSSR count). The zero-order valence-corrected chi connectivity index (χ0v) is 80.5. The van der Waals surface area contributed by atoms with Crippen molar-refractivity contribution in [2.24, 2.45) is 17.4 Å². The Bertz CT molecular complexity index is 6860. The summed E-state index contributed by atoms with van der Waals surface area (Å²) in [5.74, 6) is 5.41. The third-order valence-corrected chi connectivity index (χ3v) is 26.1. The van der Waals surface area contributed by atoms with E-state index in [1.807, 2.05) is 193 Å². The van der Waals surface area contributed by atoms with E-state index in [0.717, 1.165) is 204 Å². The number of amides is 4. The fourth-order valence-corrected chi connectivity index (χ4v) is 17.9. The van der Waals surface area contributed by atoms with E-state index in [0.29, 0.717) is 73.3 Å². The first-order chi connectivity index (χ1) is 63.7. The number of carbonyl (C=O) groups is 2. The number of hydrogen-bond donors (Lipinski definition) is 10. The SMILES string of the molecule is Clc1ccccc1-c1cc(NCC2CCNCC2)n2ncc(Br)c2n1.NC(=O)N1CCC(c2cc(NCc3cccnc3)n3ncc(Br)c3n2)CC1.NC(=O)N1CCCC(c2cc(NCc3cccnc3)n3ncc(Br)c3n2)C1.Nc1ccc(CNc2cc(-c3ccccc3Cl)nc3c(Br)cnn23)cc1.Nc1cccc(CNc2cc(-c3ccccc3Cl)nc3c(Br)cnn23)c1. The van der Waals surface area contributed by atoms with Crippen LogP contribution in [0.4, 0.5) is 50.1 Å². The first-order valence-corrected chi connectivity index (χ1v) is 47.2. The number of urea groups is 2. The number of fused-ring (bicyclic) bond motifs is 5. The van der Waals surface area contributed by atoms with Gasteiger partial charge in [-0.3, -0.25) is 9.97 Å². The lowest BCUT2D eigenvalue weighted by Gasteiger charge is -2.31. The number of hydrogen-bond acceptors (Lipinski definition) is 22. The Hall–Kier alpha value is -12.1. The minimum atomic E-state index is -0.374. The summed E-state index contributed by atoms with van der Waals surface area (Å²) < 4.78 is 13.1. The first kappa shape index (κ1) is 92.2. The summed E-state index contributed by atoms with van der Waals surface area (Å²) in [5, 5.41) is 44.7. The monoisotopic (exact) mass is 2130 g/mol. The number of likely N-dealkylation sites (tertiary alicyclic amines) is 2. The topological polar surface area (TPSA) is 394 Å². The predicted octanol–water partition coefficient (Wildman–Crippen LogP) is 19.8. The molecular weight excluding hydrogens is 2050 g/mol. The lowest BCUT2D eigenvalue weighted by atomic mass is 9.93. The number of nitrogens with one attached hydrogen (secondary N) is 6. The molecule has 3 saturated heterocycles. The van der Waals surface area contributed by atoms with Gasteiger partial charge in [0, 0.05) is 175 Å². The van der Waals surface area contributed by atoms with Gasteiger partial charge in [-0.25, -0.2) is 34.5 Å². The van der Waals surface area contributed by atoms with Gasteiger partial charge in [0.15, 0.2) is 28.2 Å². The molecule has 31 nitrogen and oxygen atoms in total. The van der Waals surface area contributed by atoms with Crippen LogP contribution in [-0.2, 0) is 26.2 Å². The van der Waals surface area contributed by atoms with E-state index in [4.69, 9.17) is 82.7 Å². The number of aromatic nitrogens is 17. The summed E-state index contributed by atoms with van der Waals surface area (Å²) in [7, 11) is 0. The second kappa shape index (κ2) is 43.3. The minimum Gasteiger partial charge on any atom is -0.399 e. The molecule has 0 saturated carbocycles. The molecule has 15 heterocycles. The summed E-state index contributed by atoms with van der Waals surface area (Å²) in [6, 6.07) is 55.7. The van der Waals surface area contributed by atoms with Crippen molar-refractivity contribution in [1.29, 1.82) is 0 Å². The van der Waals surface area contributed by atoms with Crippen LogP contribution in [0.5, 0.6) is 0 Å². The van der Waals surface area contributed by atoms with Crippen LogP contribution in [0.3, 0.4) is 0 Å². The first-order valence-electron chi connectivity index (χ1n) is 42.1. The molecule has 0 bridgehead atoms. The molecule has 17 aromatic rings. The highest BCUT2D eigenvalue weighted by Gasteiger charge is 2.29. The van der Waals surface area contributed by atoms with Gasteiger partial charge in [0.2, 0.25) is 0 Å². The van der Waals surface area contributed by atoms with Crippen LogP contribution >= 0.6 is 114 Å². The average molecular weight is 2140 g/mol. The fraction of sp³-hybridized carbons (Fsp3) is 0.217. The summed E-state index contributed by atoms with van der Waals surface area (Å²) in [6.07, 6.45) is 21.9. The number of nitrogens with zero attached hydrogens (tertiary/aromatic N) is 19. The van der Waals surface area contributed by atoms with Crippen LogP contribution in [0.2, 0.25) is 15.1 Å². The molecule has 12 aromatic heterocycles. The molecule has 670 valence electrons. The van der Waals surface area contributed by atoms with E-state index in [-0.39, 0.29) is 23.9 Å². The van der Waals surface area contributed by atoms with Gasteiger partial charge < -0.3 is 64.6 Å². The van der Waals surface area contributed by atoms with E-state index < -0.39 is 0 Å². The normalized spacial score (nSPS) is 14.0. The Balaban J connectivity index is 0.000000120. The lowest BCUT2D eigenvalue weighted by molar-refractivity contribution is 0.188. The minimum absolute atomic E-state index is 0.150. The molecule has 3 fully saturated rings. The van der Waals surface area contributed by atoms with Crippen molar-refractivity contribution in [1.82, 2.24) is 98.1 Å². The molecule has 1 unspecified atom stereocenters. The van der Waals surface area contributed by atoms with Gasteiger partial charge in [-0.1, -0.05) is 126 Å². The van der Waals surface area contributed by atoms with Crippen LogP contribution < -0.4 is 54.8 Å². The van der Waals surface area contributed by atoms with Crippen molar-refractivity contribution >= 4 is 195 Å². The van der Waals surface area contributed by atoms with Gasteiger partial charge in [-0.15, -0.1) is 0 Å². The zero-order valence-electron chi connectivity index (χ0n) is 70.3. The number of carbonyl (C=O) groups excluding carboxylic acids is 2.